The zero-order valence-electron chi connectivity index (χ0n) is 37.1. The molecular weight excluding hydrogens is 757 g/mol. The van der Waals surface area contributed by atoms with E-state index in [-0.39, 0.29) is 26.1 Å². The number of unbranched alkanes of at least 4 members (excludes halogenated alkanes) is 9. The molecule has 0 aromatic carbocycles. The Morgan fingerprint density at radius 2 is 1.40 bits per heavy atom. The number of allylic oxidation sites excluding steroid dienone is 6. The van der Waals surface area contributed by atoms with Crippen LogP contribution >= 0.6 is 7.82 Å². The number of phosphoric acid groups is 1. The van der Waals surface area contributed by atoms with E-state index >= 15 is 0 Å². The van der Waals surface area contributed by atoms with E-state index in [1.807, 2.05) is 57.6 Å². The van der Waals surface area contributed by atoms with Gasteiger partial charge in [0.05, 0.1) is 33.9 Å². The highest BCUT2D eigenvalue weighted by Crippen LogP contribution is 2.43. The number of ether oxygens (including phenoxy) is 2. The van der Waals surface area contributed by atoms with Gasteiger partial charge >= 0.3 is 19.8 Å². The Balaban J connectivity index is 2.44. The van der Waals surface area contributed by atoms with E-state index in [1.165, 1.54) is 30.4 Å². The van der Waals surface area contributed by atoms with Crippen molar-refractivity contribution in [1.29, 1.82) is 0 Å². The van der Waals surface area contributed by atoms with Crippen LogP contribution in [0, 0.1) is 13.8 Å². The van der Waals surface area contributed by atoms with Crippen LogP contribution in [0.15, 0.2) is 53.0 Å². The topological polar surface area (TPSA) is 142 Å². The van der Waals surface area contributed by atoms with Gasteiger partial charge < -0.3 is 28.4 Å². The van der Waals surface area contributed by atoms with E-state index in [0.717, 1.165) is 69.3 Å². The fourth-order valence-electron chi connectivity index (χ4n) is 5.90. The number of likely N-dealkylation sites (N-methyl/N-ethyl adjacent to an activating group) is 1. The third-order valence-corrected chi connectivity index (χ3v) is 10.6. The Morgan fingerprint density at radius 1 is 0.741 bits per heavy atom. The second kappa shape index (κ2) is 32.0. The monoisotopic (exact) mass is 837 g/mol. The van der Waals surface area contributed by atoms with Gasteiger partial charge in [-0.15, -0.1) is 0 Å². The molecule has 1 aromatic heterocycles. The van der Waals surface area contributed by atoms with Gasteiger partial charge in [-0.05, 0) is 82.8 Å². The molecule has 1 heterocycles. The molecule has 0 saturated carbocycles. The van der Waals surface area contributed by atoms with Crippen molar-refractivity contribution in [3.8, 4) is 0 Å². The molecule has 11 nitrogen and oxygen atoms in total. The Bertz CT molecular complexity index is 1420. The van der Waals surface area contributed by atoms with Crippen molar-refractivity contribution in [2.24, 2.45) is 0 Å². The van der Waals surface area contributed by atoms with Crippen molar-refractivity contribution in [1.82, 2.24) is 0 Å². The van der Waals surface area contributed by atoms with Crippen LogP contribution in [0.5, 0.6) is 0 Å². The maximum atomic E-state index is 12.7. The standard InChI is InChI=1S/C46H78NO10P/c1-8-10-11-12-14-19-24-30-41(48)31-25-20-15-13-16-23-28-34-46(50)56-42(38-55-58(51,52)54-36-35-47(5,6)7)37-53-45(49)33-27-22-18-17-21-26-32-44-40(4)39(3)43(57-44)29-9-2/h13-14,16,19-20,24-25,30,41-42,48H,8-12,15,17-18,21-23,26-29,31-38H2,1-7H3/p+1/b16-13+,19-14-,25-20-,30-24-/t41-,42+/m0/s1. The maximum Gasteiger partial charge on any atom is 0.472 e. The van der Waals surface area contributed by atoms with Gasteiger partial charge in [-0.2, -0.15) is 0 Å². The lowest BCUT2D eigenvalue weighted by Gasteiger charge is -2.24. The van der Waals surface area contributed by atoms with Gasteiger partial charge in [0.2, 0.25) is 0 Å². The summed E-state index contributed by atoms with van der Waals surface area (Å²) in [5.41, 5.74) is 2.56. The van der Waals surface area contributed by atoms with Gasteiger partial charge in [0, 0.05) is 25.7 Å². The third kappa shape index (κ3) is 28.6. The molecule has 0 aliphatic rings. The molecule has 58 heavy (non-hydrogen) atoms. The summed E-state index contributed by atoms with van der Waals surface area (Å²) in [6.07, 6.45) is 30.5. The summed E-state index contributed by atoms with van der Waals surface area (Å²) in [7, 11) is 1.37. The highest BCUT2D eigenvalue weighted by Gasteiger charge is 2.27. The average Bonchev–Trinajstić information content (AvgIpc) is 3.43. The fraction of sp³-hybridized carbons (Fsp3) is 0.696. The highest BCUT2D eigenvalue weighted by molar-refractivity contribution is 7.47. The first kappa shape index (κ1) is 53.2. The highest BCUT2D eigenvalue weighted by atomic mass is 31.2. The van der Waals surface area contributed by atoms with Crippen LogP contribution in [0.2, 0.25) is 0 Å². The lowest BCUT2D eigenvalue weighted by atomic mass is 10.0. The number of furan rings is 1. The van der Waals surface area contributed by atoms with Crippen molar-refractivity contribution >= 4 is 19.8 Å². The lowest BCUT2D eigenvalue weighted by molar-refractivity contribution is -0.870. The van der Waals surface area contributed by atoms with Crippen molar-refractivity contribution in [2.75, 3.05) is 47.5 Å². The summed E-state index contributed by atoms with van der Waals surface area (Å²) in [6.45, 7) is 8.37. The largest absolute Gasteiger partial charge is 0.472 e. The molecule has 0 amide bonds. The lowest BCUT2D eigenvalue weighted by Crippen LogP contribution is -2.37. The van der Waals surface area contributed by atoms with Crippen LogP contribution < -0.4 is 0 Å². The molecule has 0 aliphatic heterocycles. The summed E-state index contributed by atoms with van der Waals surface area (Å²) < 4.78 is 40.3. The Labute approximate surface area is 351 Å². The van der Waals surface area contributed by atoms with Crippen molar-refractivity contribution < 1.29 is 51.6 Å². The van der Waals surface area contributed by atoms with E-state index < -0.39 is 38.6 Å². The molecule has 0 radical (unpaired) electrons. The average molecular weight is 837 g/mol. The first-order valence-electron chi connectivity index (χ1n) is 21.8. The molecule has 3 atom stereocenters. The quantitative estimate of drug-likeness (QED) is 0.0169. The van der Waals surface area contributed by atoms with Crippen molar-refractivity contribution in [3.05, 3.63) is 71.3 Å². The minimum atomic E-state index is -4.42. The predicted molar refractivity (Wildman–Crippen MR) is 233 cm³/mol. The Kier molecular flexibility index (Phi) is 29.4. The molecule has 0 fully saturated rings. The third-order valence-electron chi connectivity index (χ3n) is 9.62. The molecule has 2 N–H and O–H groups in total. The van der Waals surface area contributed by atoms with Crippen LogP contribution in [0.3, 0.4) is 0 Å². The van der Waals surface area contributed by atoms with Crippen molar-refractivity contribution in [2.45, 2.75) is 162 Å². The predicted octanol–water partition coefficient (Wildman–Crippen LogP) is 10.5. The number of carbonyl (C=O) groups is 2. The van der Waals surface area contributed by atoms with Gasteiger partial charge in [0.15, 0.2) is 6.10 Å². The molecular formula is C46H79NO10P+. The summed E-state index contributed by atoms with van der Waals surface area (Å²) in [4.78, 5) is 35.4. The summed E-state index contributed by atoms with van der Waals surface area (Å²) in [5, 5.41) is 10.1. The zero-order valence-corrected chi connectivity index (χ0v) is 38.0. The zero-order chi connectivity index (χ0) is 43.1. The smallest absolute Gasteiger partial charge is 0.466 e. The molecule has 0 bridgehead atoms. The molecule has 332 valence electrons. The molecule has 1 aromatic rings. The SMILES string of the molecule is CCCCC/C=C\C=C/[C@H](O)C/C=C\C/C=C/CCCC(=O)O[C@H](COC(=O)CCCCCCCCc1oc(CCC)c(C)c1C)COP(=O)(O)OCC[N+](C)(C)C. The summed E-state index contributed by atoms with van der Waals surface area (Å²) >= 11 is 0. The number of carbonyl (C=O) groups excluding carboxylic acids is 2. The van der Waals surface area contributed by atoms with Gasteiger partial charge in [0.25, 0.3) is 0 Å². The number of hydrogen-bond donors (Lipinski definition) is 2. The van der Waals surface area contributed by atoms with E-state index in [1.54, 1.807) is 6.08 Å². The first-order chi connectivity index (χ1) is 27.7. The fourth-order valence-corrected chi connectivity index (χ4v) is 6.64. The molecule has 12 heteroatoms. The number of aryl methyl sites for hydroxylation is 2. The van der Waals surface area contributed by atoms with Crippen LogP contribution in [-0.2, 0) is 45.5 Å². The molecule has 1 unspecified atom stereocenters. The van der Waals surface area contributed by atoms with E-state index in [9.17, 15) is 24.2 Å². The van der Waals surface area contributed by atoms with E-state index in [4.69, 9.17) is 22.9 Å². The maximum absolute atomic E-state index is 12.7. The normalized spacial score (nSPS) is 14.6. The minimum Gasteiger partial charge on any atom is -0.466 e. The number of phosphoric ester groups is 1. The molecule has 0 saturated heterocycles. The Morgan fingerprint density at radius 3 is 2.10 bits per heavy atom. The summed E-state index contributed by atoms with van der Waals surface area (Å²) in [6, 6.07) is 0. The van der Waals surface area contributed by atoms with Crippen molar-refractivity contribution in [3.63, 3.8) is 0 Å². The number of rotatable bonds is 35. The minimum absolute atomic E-state index is 0.000313. The van der Waals surface area contributed by atoms with E-state index in [2.05, 4.69) is 33.8 Å². The van der Waals surface area contributed by atoms with Crippen LogP contribution in [-0.4, -0.2) is 86.1 Å². The Hall–Kier alpha value is -2.79. The van der Waals surface area contributed by atoms with Gasteiger partial charge in [0.1, 0.15) is 31.3 Å². The van der Waals surface area contributed by atoms with Gasteiger partial charge in [-0.1, -0.05) is 101 Å². The van der Waals surface area contributed by atoms with E-state index in [0.29, 0.717) is 43.1 Å². The van der Waals surface area contributed by atoms with Gasteiger partial charge in [-0.25, -0.2) is 4.57 Å². The number of aliphatic hydroxyl groups is 1. The molecule has 1 rings (SSSR count). The number of aliphatic hydroxyl groups excluding tert-OH is 1. The van der Waals surface area contributed by atoms with Gasteiger partial charge in [-0.3, -0.25) is 18.6 Å². The number of esters is 2. The first-order valence-corrected chi connectivity index (χ1v) is 23.3. The summed E-state index contributed by atoms with van der Waals surface area (Å²) in [5.74, 6) is 1.28. The van der Waals surface area contributed by atoms with Crippen LogP contribution in [0.1, 0.15) is 146 Å². The van der Waals surface area contributed by atoms with Crippen LogP contribution in [0.25, 0.3) is 0 Å². The van der Waals surface area contributed by atoms with Crippen LogP contribution in [0.4, 0.5) is 0 Å². The second-order valence-electron chi connectivity index (χ2n) is 16.2. The number of quaternary nitrogens is 1. The number of nitrogens with zero attached hydrogens (tertiary/aromatic N) is 1. The number of hydrogen-bond acceptors (Lipinski definition) is 9. The second-order valence-corrected chi connectivity index (χ2v) is 17.6. The molecule has 0 aliphatic carbocycles. The molecule has 0 spiro atoms.